The van der Waals surface area contributed by atoms with Crippen LogP contribution in [0.3, 0.4) is 0 Å². The normalized spacial score (nSPS) is 19.4. The average molecular weight is 246 g/mol. The van der Waals surface area contributed by atoms with Crippen molar-refractivity contribution in [3.05, 3.63) is 0 Å². The molecule has 0 aliphatic carbocycles. The third-order valence-electron chi connectivity index (χ3n) is 2.83. The van der Waals surface area contributed by atoms with Crippen molar-refractivity contribution in [3.63, 3.8) is 0 Å². The molecule has 5 heteroatoms. The van der Waals surface area contributed by atoms with E-state index in [0.29, 0.717) is 19.8 Å². The zero-order chi connectivity index (χ0) is 12.3. The molecule has 1 aliphatic rings. The summed E-state index contributed by atoms with van der Waals surface area (Å²) in [6.45, 7) is 9.51. The van der Waals surface area contributed by atoms with Crippen LogP contribution in [0.15, 0.2) is 0 Å². The molecule has 0 spiro atoms. The zero-order valence-electron chi connectivity index (χ0n) is 10.9. The Morgan fingerprint density at radius 2 is 2.18 bits per heavy atom. The van der Waals surface area contributed by atoms with Crippen LogP contribution in [0.5, 0.6) is 0 Å². The van der Waals surface area contributed by atoms with Crippen LogP contribution in [0.4, 0.5) is 0 Å². The Balaban J connectivity index is 1.86. The highest BCUT2D eigenvalue weighted by Gasteiger charge is 2.09. The van der Waals surface area contributed by atoms with E-state index in [-0.39, 0.29) is 0 Å². The molecule has 0 aromatic carbocycles. The molecule has 1 aliphatic heterocycles. The molecule has 17 heavy (non-hydrogen) atoms. The van der Waals surface area contributed by atoms with E-state index < -0.39 is 6.10 Å². The Morgan fingerprint density at radius 1 is 1.41 bits per heavy atom. The van der Waals surface area contributed by atoms with Gasteiger partial charge in [-0.3, -0.25) is 4.90 Å². The van der Waals surface area contributed by atoms with Gasteiger partial charge in [0.05, 0.1) is 25.9 Å². The molecule has 0 radical (unpaired) electrons. The maximum absolute atomic E-state index is 9.51. The number of ether oxygens (including phenoxy) is 2. The van der Waals surface area contributed by atoms with Crippen molar-refractivity contribution in [2.24, 2.45) is 0 Å². The topological polar surface area (TPSA) is 54.0 Å². The lowest BCUT2D eigenvalue weighted by molar-refractivity contribution is 0.0359. The van der Waals surface area contributed by atoms with E-state index in [1.165, 1.54) is 0 Å². The van der Waals surface area contributed by atoms with Gasteiger partial charge in [0, 0.05) is 26.2 Å². The maximum Gasteiger partial charge on any atom is 0.0897 e. The summed E-state index contributed by atoms with van der Waals surface area (Å²) in [5.74, 6) is 0. The first-order chi connectivity index (χ1) is 8.33. The van der Waals surface area contributed by atoms with Crippen LogP contribution in [0, 0.1) is 0 Å². The fourth-order valence-electron chi connectivity index (χ4n) is 1.83. The fraction of sp³-hybridized carbons (Fsp3) is 1.00. The summed E-state index contributed by atoms with van der Waals surface area (Å²) in [4.78, 5) is 2.42. The zero-order valence-corrected chi connectivity index (χ0v) is 10.9. The monoisotopic (exact) mass is 246 g/mol. The van der Waals surface area contributed by atoms with E-state index in [2.05, 4.69) is 10.2 Å². The van der Waals surface area contributed by atoms with Crippen molar-refractivity contribution in [2.45, 2.75) is 19.4 Å². The van der Waals surface area contributed by atoms with Gasteiger partial charge in [-0.15, -0.1) is 0 Å². The van der Waals surface area contributed by atoms with Gasteiger partial charge in [0.2, 0.25) is 0 Å². The third-order valence-corrected chi connectivity index (χ3v) is 2.83. The smallest absolute Gasteiger partial charge is 0.0897 e. The largest absolute Gasteiger partial charge is 0.389 e. The summed E-state index contributed by atoms with van der Waals surface area (Å²) < 4.78 is 10.4. The van der Waals surface area contributed by atoms with Crippen LogP contribution in [-0.4, -0.2) is 75.3 Å². The summed E-state index contributed by atoms with van der Waals surface area (Å²) in [6, 6.07) is 0. The van der Waals surface area contributed by atoms with Crippen LogP contribution >= 0.6 is 0 Å². The Kier molecular flexibility index (Phi) is 8.56. The fourth-order valence-corrected chi connectivity index (χ4v) is 1.83. The van der Waals surface area contributed by atoms with E-state index in [1.807, 2.05) is 6.92 Å². The number of aliphatic hydroxyl groups is 1. The van der Waals surface area contributed by atoms with E-state index in [9.17, 15) is 5.11 Å². The first-order valence-electron chi connectivity index (χ1n) is 6.59. The maximum atomic E-state index is 9.51. The lowest BCUT2D eigenvalue weighted by Gasteiger charge is -2.26. The minimum atomic E-state index is -0.390. The summed E-state index contributed by atoms with van der Waals surface area (Å²) in [6.07, 6.45) is 0.722. The van der Waals surface area contributed by atoms with Gasteiger partial charge in [-0.2, -0.15) is 0 Å². The lowest BCUT2D eigenvalue weighted by Crippen LogP contribution is -2.38. The van der Waals surface area contributed by atoms with Crippen LogP contribution in [0.1, 0.15) is 13.3 Å². The van der Waals surface area contributed by atoms with Gasteiger partial charge in [0.25, 0.3) is 0 Å². The van der Waals surface area contributed by atoms with Crippen molar-refractivity contribution in [1.82, 2.24) is 10.2 Å². The second-order valence-corrected chi connectivity index (χ2v) is 4.32. The standard InChI is InChI=1S/C12H26N2O3/c1-2-16-11-12(15)10-13-4-3-5-14-6-8-17-9-7-14/h12-13,15H,2-11H2,1H3. The van der Waals surface area contributed by atoms with E-state index in [4.69, 9.17) is 9.47 Å². The number of hydrogen-bond acceptors (Lipinski definition) is 5. The quantitative estimate of drug-likeness (QED) is 0.547. The molecular weight excluding hydrogens is 220 g/mol. The van der Waals surface area contributed by atoms with Gasteiger partial charge < -0.3 is 19.9 Å². The molecule has 1 rings (SSSR count). The van der Waals surface area contributed by atoms with Crippen molar-refractivity contribution in [3.8, 4) is 0 Å². The first-order valence-corrected chi connectivity index (χ1v) is 6.59. The summed E-state index contributed by atoms with van der Waals surface area (Å²) in [5, 5.41) is 12.8. The highest BCUT2D eigenvalue weighted by molar-refractivity contribution is 4.63. The minimum absolute atomic E-state index is 0.390. The first kappa shape index (κ1) is 14.9. The molecule has 0 bridgehead atoms. The van der Waals surface area contributed by atoms with Gasteiger partial charge in [-0.1, -0.05) is 0 Å². The molecule has 1 atom stereocenters. The van der Waals surface area contributed by atoms with Crippen LogP contribution < -0.4 is 5.32 Å². The molecule has 0 saturated carbocycles. The molecule has 2 N–H and O–H groups in total. The molecule has 1 saturated heterocycles. The van der Waals surface area contributed by atoms with Crippen molar-refractivity contribution >= 4 is 0 Å². The van der Waals surface area contributed by atoms with E-state index in [1.54, 1.807) is 0 Å². The molecule has 102 valence electrons. The molecule has 1 unspecified atom stereocenters. The van der Waals surface area contributed by atoms with Gasteiger partial charge in [-0.25, -0.2) is 0 Å². The number of nitrogens with one attached hydrogen (secondary N) is 1. The van der Waals surface area contributed by atoms with Crippen LogP contribution in [0.2, 0.25) is 0 Å². The summed E-state index contributed by atoms with van der Waals surface area (Å²) in [5.41, 5.74) is 0. The molecule has 1 heterocycles. The summed E-state index contributed by atoms with van der Waals surface area (Å²) >= 11 is 0. The SMILES string of the molecule is CCOCC(O)CNCCCN1CCOCC1. The average Bonchev–Trinajstić information content (AvgIpc) is 2.37. The molecule has 5 nitrogen and oxygen atoms in total. The number of morpholine rings is 1. The predicted molar refractivity (Wildman–Crippen MR) is 67.2 cm³/mol. The second-order valence-electron chi connectivity index (χ2n) is 4.32. The lowest BCUT2D eigenvalue weighted by atomic mass is 10.3. The van der Waals surface area contributed by atoms with Gasteiger partial charge in [0.15, 0.2) is 0 Å². The molecular formula is C12H26N2O3. The van der Waals surface area contributed by atoms with Gasteiger partial charge in [-0.05, 0) is 26.4 Å². The van der Waals surface area contributed by atoms with Crippen molar-refractivity contribution < 1.29 is 14.6 Å². The molecule has 0 amide bonds. The predicted octanol–water partition coefficient (Wildman–Crippen LogP) is -0.304. The third kappa shape index (κ3) is 7.68. The highest BCUT2D eigenvalue weighted by Crippen LogP contribution is 1.97. The van der Waals surface area contributed by atoms with Crippen molar-refractivity contribution in [2.75, 3.05) is 59.2 Å². The molecule has 0 aromatic heterocycles. The van der Waals surface area contributed by atoms with E-state index >= 15 is 0 Å². The number of aliphatic hydroxyl groups excluding tert-OH is 1. The second kappa shape index (κ2) is 9.79. The van der Waals surface area contributed by atoms with Crippen LogP contribution in [-0.2, 0) is 9.47 Å². The Morgan fingerprint density at radius 3 is 2.88 bits per heavy atom. The highest BCUT2D eigenvalue weighted by atomic mass is 16.5. The van der Waals surface area contributed by atoms with E-state index in [0.717, 1.165) is 45.8 Å². The Labute approximate surface area is 104 Å². The Hall–Kier alpha value is -0.200. The minimum Gasteiger partial charge on any atom is -0.389 e. The molecule has 0 aromatic rings. The summed E-state index contributed by atoms with van der Waals surface area (Å²) in [7, 11) is 0. The number of hydrogen-bond donors (Lipinski definition) is 2. The Bertz CT molecular complexity index is 175. The number of nitrogens with zero attached hydrogens (tertiary/aromatic N) is 1. The van der Waals surface area contributed by atoms with Crippen molar-refractivity contribution in [1.29, 1.82) is 0 Å². The number of rotatable bonds is 9. The van der Waals surface area contributed by atoms with Gasteiger partial charge >= 0.3 is 0 Å². The van der Waals surface area contributed by atoms with Crippen LogP contribution in [0.25, 0.3) is 0 Å². The molecule has 1 fully saturated rings. The van der Waals surface area contributed by atoms with Gasteiger partial charge in [0.1, 0.15) is 0 Å².